The van der Waals surface area contributed by atoms with Crippen LogP contribution in [0.2, 0.25) is 0 Å². The quantitative estimate of drug-likeness (QED) is 0.520. The van der Waals surface area contributed by atoms with Gasteiger partial charge in [-0.1, -0.05) is 35.4 Å². The van der Waals surface area contributed by atoms with Gasteiger partial charge in [0.15, 0.2) is 0 Å². The summed E-state index contributed by atoms with van der Waals surface area (Å²) in [6.07, 6.45) is 0. The predicted octanol–water partition coefficient (Wildman–Crippen LogP) is 4.67. The molecule has 0 bridgehead atoms. The molecule has 0 saturated heterocycles. The van der Waals surface area contributed by atoms with Gasteiger partial charge >= 0.3 is 0 Å². The Labute approximate surface area is 179 Å². The molecule has 0 unspecified atom stereocenters. The van der Waals surface area contributed by atoms with Gasteiger partial charge in [0.05, 0.1) is 21.2 Å². The van der Waals surface area contributed by atoms with Crippen molar-refractivity contribution in [2.75, 3.05) is 9.44 Å². The Kier molecular flexibility index (Phi) is 6.02. The van der Waals surface area contributed by atoms with E-state index in [1.165, 1.54) is 42.5 Å². The summed E-state index contributed by atoms with van der Waals surface area (Å²) < 4.78 is 55.5. The lowest BCUT2D eigenvalue weighted by Gasteiger charge is -2.13. The molecule has 3 aromatic rings. The van der Waals surface area contributed by atoms with Gasteiger partial charge in [-0.15, -0.1) is 0 Å². The van der Waals surface area contributed by atoms with E-state index in [2.05, 4.69) is 25.4 Å². The molecule has 0 amide bonds. The van der Waals surface area contributed by atoms with Crippen molar-refractivity contribution < 1.29 is 16.8 Å². The van der Waals surface area contributed by atoms with Crippen molar-refractivity contribution in [1.82, 2.24) is 0 Å². The highest BCUT2D eigenvalue weighted by atomic mass is 79.9. The van der Waals surface area contributed by atoms with E-state index in [9.17, 15) is 16.8 Å². The van der Waals surface area contributed by atoms with E-state index in [1.54, 1.807) is 24.3 Å². The second-order valence-electron chi connectivity index (χ2n) is 6.53. The molecule has 0 spiro atoms. The Balaban J connectivity index is 1.81. The maximum atomic E-state index is 12.5. The number of anilines is 2. The van der Waals surface area contributed by atoms with Crippen molar-refractivity contribution in [3.63, 3.8) is 0 Å². The Morgan fingerprint density at radius 3 is 1.55 bits per heavy atom. The number of nitrogens with one attached hydrogen (secondary N) is 2. The zero-order chi connectivity index (χ0) is 21.2. The Morgan fingerprint density at radius 1 is 0.655 bits per heavy atom. The van der Waals surface area contributed by atoms with Gasteiger partial charge < -0.3 is 0 Å². The van der Waals surface area contributed by atoms with Crippen molar-refractivity contribution in [2.45, 2.75) is 23.6 Å². The fraction of sp³-hybridized carbons (Fsp3) is 0.100. The fourth-order valence-electron chi connectivity index (χ4n) is 2.51. The summed E-state index contributed by atoms with van der Waals surface area (Å²) in [5, 5.41) is 0. The van der Waals surface area contributed by atoms with Gasteiger partial charge in [-0.2, -0.15) is 0 Å². The third kappa shape index (κ3) is 5.17. The first-order chi connectivity index (χ1) is 13.6. The highest BCUT2D eigenvalue weighted by Crippen LogP contribution is 2.29. The first kappa shape index (κ1) is 21.4. The molecule has 0 saturated carbocycles. The highest BCUT2D eigenvalue weighted by Gasteiger charge is 2.17. The lowest BCUT2D eigenvalue weighted by Crippen LogP contribution is -2.14. The minimum absolute atomic E-state index is 0.138. The first-order valence-corrected chi connectivity index (χ1v) is 12.3. The summed E-state index contributed by atoms with van der Waals surface area (Å²) in [5.41, 5.74) is 2.51. The van der Waals surface area contributed by atoms with E-state index in [4.69, 9.17) is 0 Å². The molecule has 0 heterocycles. The summed E-state index contributed by atoms with van der Waals surface area (Å²) >= 11 is 3.30. The second-order valence-corrected chi connectivity index (χ2v) is 10.8. The van der Waals surface area contributed by atoms with Crippen LogP contribution >= 0.6 is 15.9 Å². The molecule has 0 fully saturated rings. The van der Waals surface area contributed by atoms with Crippen molar-refractivity contribution in [3.05, 3.63) is 82.3 Å². The Bertz CT molecular complexity index is 1240. The summed E-state index contributed by atoms with van der Waals surface area (Å²) in [4.78, 5) is 0.280. The van der Waals surface area contributed by atoms with Crippen LogP contribution in [0.5, 0.6) is 0 Å². The lowest BCUT2D eigenvalue weighted by atomic mass is 10.2. The fourth-order valence-corrected chi connectivity index (χ4v) is 5.25. The number of hydrogen-bond acceptors (Lipinski definition) is 4. The number of sulfonamides is 2. The summed E-state index contributed by atoms with van der Waals surface area (Å²) in [7, 11) is -7.52. The molecular weight excluding hydrogens is 476 g/mol. The molecule has 9 heteroatoms. The minimum Gasteiger partial charge on any atom is -0.280 e. The second kappa shape index (κ2) is 8.17. The average molecular weight is 495 g/mol. The third-order valence-electron chi connectivity index (χ3n) is 4.13. The number of aryl methyl sites for hydroxylation is 2. The predicted molar refractivity (Wildman–Crippen MR) is 118 cm³/mol. The third-order valence-corrected chi connectivity index (χ3v) is 7.56. The number of halogens is 1. The van der Waals surface area contributed by atoms with Crippen molar-refractivity contribution in [1.29, 1.82) is 0 Å². The Morgan fingerprint density at radius 2 is 1.10 bits per heavy atom. The maximum absolute atomic E-state index is 12.5. The topological polar surface area (TPSA) is 92.3 Å². The zero-order valence-electron chi connectivity index (χ0n) is 15.7. The minimum atomic E-state index is -3.77. The van der Waals surface area contributed by atoms with Gasteiger partial charge in [0, 0.05) is 4.47 Å². The molecule has 0 atom stereocenters. The lowest BCUT2D eigenvalue weighted by molar-refractivity contribution is 0.599. The van der Waals surface area contributed by atoms with E-state index in [0.717, 1.165) is 11.1 Å². The molecule has 0 radical (unpaired) electrons. The highest BCUT2D eigenvalue weighted by molar-refractivity contribution is 9.10. The number of benzene rings is 3. The molecule has 0 aliphatic heterocycles. The standard InChI is InChI=1S/C20H19BrN2O4S2/c1-14-3-8-17(9-4-14)28(24,25)22-16-7-12-20(19(21)13-16)23-29(26,27)18-10-5-15(2)6-11-18/h3-13,22-23H,1-2H3. The van der Waals surface area contributed by atoms with Crippen LogP contribution in [0.25, 0.3) is 0 Å². The van der Waals surface area contributed by atoms with E-state index in [0.29, 0.717) is 15.8 Å². The first-order valence-electron chi connectivity index (χ1n) is 8.55. The van der Waals surface area contributed by atoms with Gasteiger partial charge in [0.1, 0.15) is 0 Å². The monoisotopic (exact) mass is 494 g/mol. The zero-order valence-corrected chi connectivity index (χ0v) is 18.9. The van der Waals surface area contributed by atoms with Gasteiger partial charge in [0.2, 0.25) is 0 Å². The SMILES string of the molecule is Cc1ccc(S(=O)(=O)Nc2ccc(NS(=O)(=O)c3ccc(C)cc3)c(Br)c2)cc1. The summed E-state index contributed by atoms with van der Waals surface area (Å²) in [5.74, 6) is 0. The molecular formula is C20H19BrN2O4S2. The van der Waals surface area contributed by atoms with Crippen LogP contribution in [0.15, 0.2) is 81.0 Å². The number of hydrogen-bond donors (Lipinski definition) is 2. The number of rotatable bonds is 6. The van der Waals surface area contributed by atoms with Crippen LogP contribution < -0.4 is 9.44 Å². The van der Waals surface area contributed by atoms with Gasteiger partial charge in [-0.25, -0.2) is 16.8 Å². The van der Waals surface area contributed by atoms with Crippen LogP contribution in [0.1, 0.15) is 11.1 Å². The maximum Gasteiger partial charge on any atom is 0.261 e. The van der Waals surface area contributed by atoms with Crippen molar-refractivity contribution >= 4 is 47.4 Å². The molecule has 6 nitrogen and oxygen atoms in total. The largest absolute Gasteiger partial charge is 0.280 e. The molecule has 0 aliphatic rings. The molecule has 29 heavy (non-hydrogen) atoms. The van der Waals surface area contributed by atoms with Gasteiger partial charge in [-0.05, 0) is 72.2 Å². The van der Waals surface area contributed by atoms with E-state index in [-0.39, 0.29) is 9.79 Å². The molecule has 3 rings (SSSR count). The molecule has 152 valence electrons. The van der Waals surface area contributed by atoms with E-state index in [1.807, 2.05) is 13.8 Å². The van der Waals surface area contributed by atoms with Crippen LogP contribution in [0, 0.1) is 13.8 Å². The van der Waals surface area contributed by atoms with Crippen molar-refractivity contribution in [3.8, 4) is 0 Å². The van der Waals surface area contributed by atoms with Crippen LogP contribution in [0.3, 0.4) is 0 Å². The van der Waals surface area contributed by atoms with Gasteiger partial charge in [0.25, 0.3) is 20.0 Å². The van der Waals surface area contributed by atoms with E-state index >= 15 is 0 Å². The average Bonchev–Trinajstić information content (AvgIpc) is 2.64. The van der Waals surface area contributed by atoms with Crippen LogP contribution in [0.4, 0.5) is 11.4 Å². The Hall–Kier alpha value is -2.36. The molecule has 0 aromatic heterocycles. The molecule has 2 N–H and O–H groups in total. The van der Waals surface area contributed by atoms with Gasteiger partial charge in [-0.3, -0.25) is 9.44 Å². The summed E-state index contributed by atoms with van der Waals surface area (Å²) in [6, 6.07) is 17.4. The van der Waals surface area contributed by atoms with Crippen LogP contribution in [-0.2, 0) is 20.0 Å². The smallest absolute Gasteiger partial charge is 0.261 e. The summed E-state index contributed by atoms with van der Waals surface area (Å²) in [6.45, 7) is 3.74. The van der Waals surface area contributed by atoms with E-state index < -0.39 is 20.0 Å². The molecule has 3 aromatic carbocycles. The van der Waals surface area contributed by atoms with Crippen LogP contribution in [-0.4, -0.2) is 16.8 Å². The normalized spacial score (nSPS) is 11.8. The van der Waals surface area contributed by atoms with Crippen molar-refractivity contribution in [2.24, 2.45) is 0 Å². The molecule has 0 aliphatic carbocycles.